The van der Waals surface area contributed by atoms with Crippen LogP contribution in [0.4, 0.5) is 0 Å². The van der Waals surface area contributed by atoms with Crippen LogP contribution in [-0.2, 0) is 14.6 Å². The molecule has 1 aliphatic carbocycles. The largest absolute Gasteiger partial charge is 0.488 e. The summed E-state index contributed by atoms with van der Waals surface area (Å²) in [5, 5.41) is -0.0374. The SMILES string of the molecule is CCCOC1C(Cl)CC1Oc1cccc(S(C)(=O)=O)c1. The van der Waals surface area contributed by atoms with Crippen LogP contribution in [0.25, 0.3) is 0 Å². The van der Waals surface area contributed by atoms with Gasteiger partial charge in [0, 0.05) is 19.3 Å². The van der Waals surface area contributed by atoms with Gasteiger partial charge in [-0.3, -0.25) is 0 Å². The van der Waals surface area contributed by atoms with Crippen molar-refractivity contribution >= 4 is 21.4 Å². The van der Waals surface area contributed by atoms with Crippen molar-refractivity contribution in [2.45, 2.75) is 42.2 Å². The van der Waals surface area contributed by atoms with Crippen LogP contribution in [0, 0.1) is 0 Å². The zero-order valence-corrected chi connectivity index (χ0v) is 13.2. The minimum absolute atomic E-state index is 0.0374. The van der Waals surface area contributed by atoms with Crippen LogP contribution in [-0.4, -0.2) is 38.9 Å². The number of benzene rings is 1. The number of sulfone groups is 1. The van der Waals surface area contributed by atoms with Crippen molar-refractivity contribution in [3.8, 4) is 5.75 Å². The molecule has 0 aromatic heterocycles. The van der Waals surface area contributed by atoms with Crippen molar-refractivity contribution < 1.29 is 17.9 Å². The summed E-state index contributed by atoms with van der Waals surface area (Å²) in [6.07, 6.45) is 2.57. The second kappa shape index (κ2) is 6.33. The molecule has 0 aliphatic heterocycles. The molecular weight excluding hydrogens is 300 g/mol. The Labute approximate surface area is 125 Å². The summed E-state index contributed by atoms with van der Waals surface area (Å²) in [5.74, 6) is 0.534. The van der Waals surface area contributed by atoms with Crippen molar-refractivity contribution in [1.82, 2.24) is 0 Å². The van der Waals surface area contributed by atoms with Crippen LogP contribution in [0.3, 0.4) is 0 Å². The van der Waals surface area contributed by atoms with E-state index in [1.165, 1.54) is 12.3 Å². The predicted molar refractivity (Wildman–Crippen MR) is 78.3 cm³/mol. The summed E-state index contributed by atoms with van der Waals surface area (Å²) in [4.78, 5) is 0.253. The summed E-state index contributed by atoms with van der Waals surface area (Å²) < 4.78 is 34.5. The van der Waals surface area contributed by atoms with Crippen LogP contribution < -0.4 is 4.74 Å². The molecule has 112 valence electrons. The number of rotatable bonds is 6. The molecule has 1 aliphatic rings. The van der Waals surface area contributed by atoms with Gasteiger partial charge in [0.15, 0.2) is 9.84 Å². The molecule has 0 bridgehead atoms. The highest BCUT2D eigenvalue weighted by atomic mass is 35.5. The Bertz CT molecular complexity index is 558. The predicted octanol–water partition coefficient (Wildman–Crippen LogP) is 2.64. The second-order valence-corrected chi connectivity index (χ2v) is 7.57. The van der Waals surface area contributed by atoms with E-state index in [1.807, 2.05) is 6.92 Å². The summed E-state index contributed by atoms with van der Waals surface area (Å²) >= 11 is 6.11. The van der Waals surface area contributed by atoms with Gasteiger partial charge in [-0.2, -0.15) is 0 Å². The maximum atomic E-state index is 11.5. The Kier molecular flexibility index (Phi) is 4.94. The van der Waals surface area contributed by atoms with Gasteiger partial charge in [0.05, 0.1) is 10.3 Å². The molecule has 0 amide bonds. The van der Waals surface area contributed by atoms with Crippen molar-refractivity contribution in [2.24, 2.45) is 0 Å². The summed E-state index contributed by atoms with van der Waals surface area (Å²) in [7, 11) is -3.23. The summed E-state index contributed by atoms with van der Waals surface area (Å²) in [5.41, 5.74) is 0. The first-order chi connectivity index (χ1) is 9.41. The van der Waals surface area contributed by atoms with Crippen molar-refractivity contribution in [1.29, 1.82) is 0 Å². The quantitative estimate of drug-likeness (QED) is 0.757. The maximum absolute atomic E-state index is 11.5. The Morgan fingerprint density at radius 3 is 2.75 bits per heavy atom. The lowest BCUT2D eigenvalue weighted by Crippen LogP contribution is -2.52. The third kappa shape index (κ3) is 3.65. The van der Waals surface area contributed by atoms with Gasteiger partial charge in [0.2, 0.25) is 0 Å². The highest BCUT2D eigenvalue weighted by Gasteiger charge is 2.42. The molecule has 2 rings (SSSR count). The molecule has 0 radical (unpaired) electrons. The fourth-order valence-electron chi connectivity index (χ4n) is 2.06. The standard InChI is InChI=1S/C14H19ClO4S/c1-3-7-18-14-12(15)9-13(14)19-10-5-4-6-11(8-10)20(2,16)17/h4-6,8,12-14H,3,7,9H2,1-2H3. The first-order valence-electron chi connectivity index (χ1n) is 6.64. The van der Waals surface area contributed by atoms with E-state index in [1.54, 1.807) is 18.2 Å². The highest BCUT2D eigenvalue weighted by Crippen LogP contribution is 2.33. The van der Waals surface area contributed by atoms with Gasteiger partial charge in [0.1, 0.15) is 18.0 Å². The Morgan fingerprint density at radius 2 is 2.15 bits per heavy atom. The van der Waals surface area contributed by atoms with Crippen LogP contribution in [0.1, 0.15) is 19.8 Å². The third-order valence-electron chi connectivity index (χ3n) is 3.22. The van der Waals surface area contributed by atoms with E-state index < -0.39 is 9.84 Å². The number of ether oxygens (including phenoxy) is 2. The third-order valence-corrected chi connectivity index (χ3v) is 4.75. The first-order valence-corrected chi connectivity index (χ1v) is 8.97. The Balaban J connectivity index is 2.03. The summed E-state index contributed by atoms with van der Waals surface area (Å²) in [6.45, 7) is 2.68. The van der Waals surface area contributed by atoms with E-state index in [0.717, 1.165) is 6.42 Å². The van der Waals surface area contributed by atoms with Gasteiger partial charge in [-0.1, -0.05) is 13.0 Å². The second-order valence-electron chi connectivity index (χ2n) is 4.99. The van der Waals surface area contributed by atoms with Crippen molar-refractivity contribution in [2.75, 3.05) is 12.9 Å². The molecule has 0 spiro atoms. The molecule has 0 N–H and O–H groups in total. The van der Waals surface area contributed by atoms with Crippen molar-refractivity contribution in [3.05, 3.63) is 24.3 Å². The average Bonchev–Trinajstić information content (AvgIpc) is 2.38. The van der Waals surface area contributed by atoms with Crippen LogP contribution in [0.2, 0.25) is 0 Å². The van der Waals surface area contributed by atoms with E-state index in [-0.39, 0.29) is 22.5 Å². The highest BCUT2D eigenvalue weighted by molar-refractivity contribution is 7.90. The summed E-state index contributed by atoms with van der Waals surface area (Å²) in [6, 6.07) is 6.50. The molecule has 4 nitrogen and oxygen atoms in total. The van der Waals surface area contributed by atoms with E-state index in [4.69, 9.17) is 21.1 Å². The molecule has 20 heavy (non-hydrogen) atoms. The number of hydrogen-bond acceptors (Lipinski definition) is 4. The molecule has 3 unspecified atom stereocenters. The average molecular weight is 319 g/mol. The smallest absolute Gasteiger partial charge is 0.175 e. The fourth-order valence-corrected chi connectivity index (χ4v) is 3.13. The van der Waals surface area contributed by atoms with Crippen LogP contribution >= 0.6 is 11.6 Å². The van der Waals surface area contributed by atoms with Gasteiger partial charge in [0.25, 0.3) is 0 Å². The molecule has 3 atom stereocenters. The zero-order valence-electron chi connectivity index (χ0n) is 11.6. The van der Waals surface area contributed by atoms with Gasteiger partial charge >= 0.3 is 0 Å². The topological polar surface area (TPSA) is 52.6 Å². The van der Waals surface area contributed by atoms with Crippen LogP contribution in [0.15, 0.2) is 29.2 Å². The Morgan fingerprint density at radius 1 is 1.40 bits per heavy atom. The van der Waals surface area contributed by atoms with E-state index >= 15 is 0 Å². The number of hydrogen-bond donors (Lipinski definition) is 0. The first kappa shape index (κ1) is 15.6. The van der Waals surface area contributed by atoms with Crippen molar-refractivity contribution in [3.63, 3.8) is 0 Å². The lowest BCUT2D eigenvalue weighted by molar-refractivity contribution is -0.0798. The molecule has 6 heteroatoms. The zero-order chi connectivity index (χ0) is 14.8. The lowest BCUT2D eigenvalue weighted by atomic mass is 9.91. The molecule has 1 aromatic rings. The number of halogens is 1. The van der Waals surface area contributed by atoms with Crippen LogP contribution in [0.5, 0.6) is 5.75 Å². The maximum Gasteiger partial charge on any atom is 0.175 e. The lowest BCUT2D eigenvalue weighted by Gasteiger charge is -2.40. The molecule has 1 aromatic carbocycles. The molecule has 1 saturated carbocycles. The van der Waals surface area contributed by atoms with Gasteiger partial charge < -0.3 is 9.47 Å². The molecule has 0 heterocycles. The monoisotopic (exact) mass is 318 g/mol. The molecule has 0 saturated heterocycles. The van der Waals surface area contributed by atoms with Gasteiger partial charge in [-0.15, -0.1) is 11.6 Å². The fraction of sp³-hybridized carbons (Fsp3) is 0.571. The van der Waals surface area contributed by atoms with Gasteiger partial charge in [-0.05, 0) is 24.6 Å². The van der Waals surface area contributed by atoms with E-state index in [9.17, 15) is 8.42 Å². The molecular formula is C14H19ClO4S. The van der Waals surface area contributed by atoms with E-state index in [2.05, 4.69) is 0 Å². The minimum Gasteiger partial charge on any atom is -0.488 e. The Hall–Kier alpha value is -0.780. The molecule has 1 fully saturated rings. The normalized spacial score (nSPS) is 26.1. The van der Waals surface area contributed by atoms with E-state index in [0.29, 0.717) is 18.8 Å². The number of alkyl halides is 1. The van der Waals surface area contributed by atoms with Gasteiger partial charge in [-0.25, -0.2) is 8.42 Å². The minimum atomic E-state index is -3.23.